The summed E-state index contributed by atoms with van der Waals surface area (Å²) in [6, 6.07) is 0. The Morgan fingerprint density at radius 3 is 2.64 bits per heavy atom. The van der Waals surface area contributed by atoms with Crippen LogP contribution < -0.4 is 5.56 Å². The fourth-order valence-electron chi connectivity index (χ4n) is 1.16. The van der Waals surface area contributed by atoms with Crippen LogP contribution in [0, 0.1) is 0 Å². The van der Waals surface area contributed by atoms with Crippen LogP contribution in [0.4, 0.5) is 8.78 Å². The van der Waals surface area contributed by atoms with E-state index in [9.17, 15) is 13.6 Å². The molecule has 1 heterocycles. The lowest BCUT2D eigenvalue weighted by atomic mass is 10.1. The van der Waals surface area contributed by atoms with Crippen molar-refractivity contribution in [1.29, 1.82) is 0 Å². The quantitative estimate of drug-likeness (QED) is 0.820. The van der Waals surface area contributed by atoms with E-state index in [1.54, 1.807) is 0 Å². The fourth-order valence-corrected chi connectivity index (χ4v) is 1.66. The molecule has 2 N–H and O–H groups in total. The third-order valence-corrected chi connectivity index (χ3v) is 2.46. The number of H-pyrrole nitrogens is 1. The van der Waals surface area contributed by atoms with Crippen LogP contribution in [0.25, 0.3) is 0 Å². The maximum absolute atomic E-state index is 12.4. The zero-order chi connectivity index (χ0) is 10.7. The molecular formula is C8H8BrF2NO2. The highest BCUT2D eigenvalue weighted by molar-refractivity contribution is 9.08. The molecule has 14 heavy (non-hydrogen) atoms. The average molecular weight is 268 g/mol. The first kappa shape index (κ1) is 11.3. The van der Waals surface area contributed by atoms with E-state index in [1.807, 2.05) is 0 Å². The summed E-state index contributed by atoms with van der Waals surface area (Å²) < 4.78 is 24.9. The van der Waals surface area contributed by atoms with Gasteiger partial charge in [-0.2, -0.15) is 0 Å². The molecule has 3 nitrogen and oxygen atoms in total. The van der Waals surface area contributed by atoms with E-state index in [2.05, 4.69) is 20.9 Å². The Bertz CT molecular complexity index is 378. The topological polar surface area (TPSA) is 53.1 Å². The van der Waals surface area contributed by atoms with Crippen molar-refractivity contribution in [2.24, 2.45) is 0 Å². The molecule has 0 aliphatic heterocycles. The van der Waals surface area contributed by atoms with E-state index in [1.165, 1.54) is 6.20 Å². The number of rotatable bonds is 3. The number of aromatic amines is 1. The molecule has 0 saturated carbocycles. The van der Waals surface area contributed by atoms with Gasteiger partial charge in [-0.05, 0) is 11.1 Å². The first-order valence-corrected chi connectivity index (χ1v) is 4.92. The molecule has 0 aromatic carbocycles. The molecule has 0 radical (unpaired) electrons. The summed E-state index contributed by atoms with van der Waals surface area (Å²) in [7, 11) is 0. The number of nitrogens with one attached hydrogen (secondary N) is 1. The lowest BCUT2D eigenvalue weighted by Crippen LogP contribution is -2.17. The second-order valence-corrected chi connectivity index (χ2v) is 3.19. The molecule has 1 aromatic heterocycles. The van der Waals surface area contributed by atoms with Crippen LogP contribution in [0.3, 0.4) is 0 Å². The van der Waals surface area contributed by atoms with E-state index >= 15 is 0 Å². The summed E-state index contributed by atoms with van der Waals surface area (Å²) in [4.78, 5) is 13.2. The van der Waals surface area contributed by atoms with Gasteiger partial charge >= 0.3 is 0 Å². The lowest BCUT2D eigenvalue weighted by molar-refractivity contribution is 0.145. The van der Waals surface area contributed by atoms with Gasteiger partial charge in [0.25, 0.3) is 12.0 Å². The summed E-state index contributed by atoms with van der Waals surface area (Å²) in [5.74, 6) is 0. The standard InChI is InChI=1S/C8H8BrF2NO2/c9-1-4-2-12-8(14)6(7(10)11)5(4)3-13/h2,7,13H,1,3H2,(H,12,14). The molecule has 78 valence electrons. The number of aliphatic hydroxyl groups excluding tert-OH is 1. The largest absolute Gasteiger partial charge is 0.392 e. The minimum Gasteiger partial charge on any atom is -0.392 e. The molecule has 6 heteroatoms. The van der Waals surface area contributed by atoms with Gasteiger partial charge in [0, 0.05) is 11.5 Å². The van der Waals surface area contributed by atoms with Crippen molar-refractivity contribution in [2.45, 2.75) is 18.4 Å². The van der Waals surface area contributed by atoms with Crippen molar-refractivity contribution in [1.82, 2.24) is 4.98 Å². The smallest absolute Gasteiger partial charge is 0.269 e. The Labute approximate surface area is 86.9 Å². The fraction of sp³-hybridized carbons (Fsp3) is 0.375. The second kappa shape index (κ2) is 4.65. The number of alkyl halides is 3. The van der Waals surface area contributed by atoms with Crippen LogP contribution in [-0.4, -0.2) is 10.1 Å². The molecule has 0 saturated heterocycles. The first-order chi connectivity index (χ1) is 6.61. The van der Waals surface area contributed by atoms with Gasteiger partial charge in [-0.25, -0.2) is 8.78 Å². The van der Waals surface area contributed by atoms with E-state index in [4.69, 9.17) is 5.11 Å². The van der Waals surface area contributed by atoms with Crippen molar-refractivity contribution in [3.63, 3.8) is 0 Å². The number of hydrogen-bond donors (Lipinski definition) is 2. The van der Waals surface area contributed by atoms with Crippen molar-refractivity contribution in [3.05, 3.63) is 33.2 Å². The number of aliphatic hydroxyl groups is 1. The van der Waals surface area contributed by atoms with Gasteiger partial charge in [0.15, 0.2) is 0 Å². The summed E-state index contributed by atoms with van der Waals surface area (Å²) in [5.41, 5.74) is -1.04. The van der Waals surface area contributed by atoms with Crippen molar-refractivity contribution in [3.8, 4) is 0 Å². The number of aromatic nitrogens is 1. The number of halogens is 3. The summed E-state index contributed by atoms with van der Waals surface area (Å²) in [6.07, 6.45) is -1.56. The zero-order valence-electron chi connectivity index (χ0n) is 7.06. The van der Waals surface area contributed by atoms with Gasteiger partial charge in [-0.15, -0.1) is 0 Å². The van der Waals surface area contributed by atoms with Gasteiger partial charge in [0.05, 0.1) is 12.2 Å². The van der Waals surface area contributed by atoms with E-state index < -0.39 is 24.2 Å². The summed E-state index contributed by atoms with van der Waals surface area (Å²) in [5, 5.41) is 9.20. The molecule has 0 fully saturated rings. The molecule has 1 rings (SSSR count). The van der Waals surface area contributed by atoms with Crippen LogP contribution in [0.5, 0.6) is 0 Å². The van der Waals surface area contributed by atoms with Crippen molar-refractivity contribution >= 4 is 15.9 Å². The minimum atomic E-state index is -2.88. The number of hydrogen-bond acceptors (Lipinski definition) is 2. The molecular weight excluding hydrogens is 260 g/mol. The molecule has 0 amide bonds. The normalized spacial score (nSPS) is 10.9. The van der Waals surface area contributed by atoms with Gasteiger partial charge < -0.3 is 10.1 Å². The van der Waals surface area contributed by atoms with Gasteiger partial charge in [0.1, 0.15) is 0 Å². The van der Waals surface area contributed by atoms with Crippen LogP contribution >= 0.6 is 15.9 Å². The van der Waals surface area contributed by atoms with E-state index in [0.29, 0.717) is 10.9 Å². The zero-order valence-corrected chi connectivity index (χ0v) is 8.64. The molecule has 0 spiro atoms. The Balaban J connectivity index is 3.43. The van der Waals surface area contributed by atoms with Crippen LogP contribution in [0.2, 0.25) is 0 Å². The Kier molecular flexibility index (Phi) is 3.77. The molecule has 0 unspecified atom stereocenters. The highest BCUT2D eigenvalue weighted by Gasteiger charge is 2.19. The van der Waals surface area contributed by atoms with Crippen LogP contribution in [-0.2, 0) is 11.9 Å². The van der Waals surface area contributed by atoms with Gasteiger partial charge in [-0.3, -0.25) is 4.79 Å². The van der Waals surface area contributed by atoms with Gasteiger partial charge in [0.2, 0.25) is 0 Å². The average Bonchev–Trinajstić information content (AvgIpc) is 2.16. The Hall–Kier alpha value is -0.750. The predicted molar refractivity (Wildman–Crippen MR) is 50.6 cm³/mol. The maximum atomic E-state index is 12.4. The SMILES string of the molecule is O=c1[nH]cc(CBr)c(CO)c1C(F)F. The first-order valence-electron chi connectivity index (χ1n) is 3.80. The molecule has 1 aromatic rings. The third kappa shape index (κ3) is 2.01. The molecule has 0 aliphatic carbocycles. The second-order valence-electron chi connectivity index (χ2n) is 2.63. The predicted octanol–water partition coefficient (Wildman–Crippen LogP) is 1.70. The minimum absolute atomic E-state index is 0.000579. The molecule has 0 bridgehead atoms. The highest BCUT2D eigenvalue weighted by atomic mass is 79.9. The lowest BCUT2D eigenvalue weighted by Gasteiger charge is -2.09. The molecule has 0 atom stereocenters. The molecule has 0 aliphatic rings. The van der Waals surface area contributed by atoms with Crippen molar-refractivity contribution < 1.29 is 13.9 Å². The van der Waals surface area contributed by atoms with Crippen LogP contribution in [0.1, 0.15) is 23.1 Å². The van der Waals surface area contributed by atoms with Crippen LogP contribution in [0.15, 0.2) is 11.0 Å². The highest BCUT2D eigenvalue weighted by Crippen LogP contribution is 2.22. The summed E-state index contributed by atoms with van der Waals surface area (Å²) in [6.45, 7) is -0.565. The summed E-state index contributed by atoms with van der Waals surface area (Å²) >= 11 is 3.08. The van der Waals surface area contributed by atoms with E-state index in [0.717, 1.165) is 0 Å². The Morgan fingerprint density at radius 2 is 2.21 bits per heavy atom. The van der Waals surface area contributed by atoms with E-state index in [-0.39, 0.29) is 5.56 Å². The number of pyridine rings is 1. The monoisotopic (exact) mass is 267 g/mol. The van der Waals surface area contributed by atoms with Gasteiger partial charge in [-0.1, -0.05) is 15.9 Å². The maximum Gasteiger partial charge on any atom is 0.269 e. The Morgan fingerprint density at radius 1 is 1.57 bits per heavy atom. The third-order valence-electron chi connectivity index (χ3n) is 1.86. The van der Waals surface area contributed by atoms with Crippen molar-refractivity contribution in [2.75, 3.05) is 0 Å².